The van der Waals surface area contributed by atoms with Gasteiger partial charge < -0.3 is 24.4 Å². The lowest BCUT2D eigenvalue weighted by Gasteiger charge is -2.33. The first kappa shape index (κ1) is 24.7. The SMILES string of the molecule is CC1CC(CN(C)c2nc(NCCC3=CCCCC3)nc(N3CCOCC3)n2)c2cccc(=O)n2C1. The maximum absolute atomic E-state index is 12.5. The predicted molar refractivity (Wildman–Crippen MR) is 143 cm³/mol. The van der Waals surface area contributed by atoms with E-state index >= 15 is 0 Å². The molecular weight excluding hydrogens is 454 g/mol. The highest BCUT2D eigenvalue weighted by Crippen LogP contribution is 2.31. The van der Waals surface area contributed by atoms with Crippen LogP contribution in [0, 0.1) is 5.92 Å². The van der Waals surface area contributed by atoms with Crippen LogP contribution in [0.15, 0.2) is 34.6 Å². The topological polar surface area (TPSA) is 88.4 Å². The molecule has 2 aliphatic heterocycles. The van der Waals surface area contributed by atoms with E-state index < -0.39 is 0 Å². The van der Waals surface area contributed by atoms with Crippen molar-refractivity contribution < 1.29 is 4.74 Å². The largest absolute Gasteiger partial charge is 0.378 e. The first-order valence-corrected chi connectivity index (χ1v) is 13.5. The average Bonchev–Trinajstić information content (AvgIpc) is 2.90. The number of aromatic nitrogens is 4. The van der Waals surface area contributed by atoms with Gasteiger partial charge in [0.15, 0.2) is 0 Å². The van der Waals surface area contributed by atoms with Gasteiger partial charge in [0.2, 0.25) is 17.8 Å². The number of hydrogen-bond acceptors (Lipinski definition) is 8. The summed E-state index contributed by atoms with van der Waals surface area (Å²) in [6, 6.07) is 5.62. The van der Waals surface area contributed by atoms with Gasteiger partial charge in [-0.1, -0.05) is 24.6 Å². The Kier molecular flexibility index (Phi) is 7.84. The summed E-state index contributed by atoms with van der Waals surface area (Å²) in [6.45, 7) is 7.47. The van der Waals surface area contributed by atoms with E-state index in [-0.39, 0.29) is 11.5 Å². The Bertz CT molecular complexity index is 1130. The Morgan fingerprint density at radius 1 is 1.17 bits per heavy atom. The second-order valence-electron chi connectivity index (χ2n) is 10.5. The van der Waals surface area contributed by atoms with Gasteiger partial charge in [0, 0.05) is 57.4 Å². The molecule has 1 aliphatic carbocycles. The van der Waals surface area contributed by atoms with Gasteiger partial charge in [-0.25, -0.2) is 0 Å². The minimum absolute atomic E-state index is 0.0843. The molecule has 2 aromatic rings. The van der Waals surface area contributed by atoms with Gasteiger partial charge in [0.05, 0.1) is 13.2 Å². The van der Waals surface area contributed by atoms with E-state index in [1.165, 1.54) is 31.3 Å². The van der Waals surface area contributed by atoms with E-state index in [2.05, 4.69) is 34.2 Å². The predicted octanol–water partition coefficient (Wildman–Crippen LogP) is 3.43. The van der Waals surface area contributed by atoms with Crippen LogP contribution < -0.4 is 20.7 Å². The Balaban J connectivity index is 1.35. The van der Waals surface area contributed by atoms with E-state index in [4.69, 9.17) is 19.7 Å². The molecule has 194 valence electrons. The van der Waals surface area contributed by atoms with Crippen LogP contribution in [0.3, 0.4) is 0 Å². The Morgan fingerprint density at radius 3 is 2.83 bits per heavy atom. The lowest BCUT2D eigenvalue weighted by Crippen LogP contribution is -2.39. The van der Waals surface area contributed by atoms with Crippen LogP contribution in [0.1, 0.15) is 57.1 Å². The van der Waals surface area contributed by atoms with Gasteiger partial charge in [-0.3, -0.25) is 4.79 Å². The van der Waals surface area contributed by atoms with Crippen molar-refractivity contribution in [3.63, 3.8) is 0 Å². The maximum Gasteiger partial charge on any atom is 0.250 e. The maximum atomic E-state index is 12.5. The van der Waals surface area contributed by atoms with Crippen molar-refractivity contribution in [2.75, 3.05) is 61.6 Å². The van der Waals surface area contributed by atoms with Crippen molar-refractivity contribution >= 4 is 17.8 Å². The zero-order valence-corrected chi connectivity index (χ0v) is 21.7. The van der Waals surface area contributed by atoms with E-state index in [0.717, 1.165) is 51.3 Å². The quantitative estimate of drug-likeness (QED) is 0.560. The van der Waals surface area contributed by atoms with Crippen LogP contribution in [0.2, 0.25) is 0 Å². The number of ether oxygens (including phenoxy) is 1. The Morgan fingerprint density at radius 2 is 2.03 bits per heavy atom. The number of nitrogens with one attached hydrogen (secondary N) is 1. The van der Waals surface area contributed by atoms with Gasteiger partial charge in [0.25, 0.3) is 5.56 Å². The van der Waals surface area contributed by atoms with Gasteiger partial charge in [-0.15, -0.1) is 0 Å². The fourth-order valence-corrected chi connectivity index (χ4v) is 5.64. The lowest BCUT2D eigenvalue weighted by molar-refractivity contribution is 0.122. The standard InChI is InChI=1S/C27H39N7O2/c1-20-17-22(23-9-6-10-24(35)34(23)18-20)19-32(2)26-29-25(28-12-11-21-7-4-3-5-8-21)30-27(31-26)33-13-15-36-16-14-33/h6-7,9-10,20,22H,3-5,8,11-19H2,1-2H3,(H,28,29,30,31). The first-order valence-electron chi connectivity index (χ1n) is 13.5. The molecule has 36 heavy (non-hydrogen) atoms. The minimum Gasteiger partial charge on any atom is -0.378 e. The molecule has 0 saturated carbocycles. The second kappa shape index (κ2) is 11.4. The Hall–Kier alpha value is -2.94. The molecule has 2 atom stereocenters. The summed E-state index contributed by atoms with van der Waals surface area (Å²) < 4.78 is 7.48. The average molecular weight is 494 g/mol. The summed E-state index contributed by atoms with van der Waals surface area (Å²) in [5.41, 5.74) is 2.73. The van der Waals surface area contributed by atoms with E-state index in [1.54, 1.807) is 6.07 Å². The van der Waals surface area contributed by atoms with Gasteiger partial charge in [-0.2, -0.15) is 15.0 Å². The van der Waals surface area contributed by atoms with Crippen LogP contribution in [0.4, 0.5) is 17.8 Å². The number of rotatable bonds is 8. The first-order chi connectivity index (χ1) is 17.6. The van der Waals surface area contributed by atoms with Crippen LogP contribution in [0.25, 0.3) is 0 Å². The van der Waals surface area contributed by atoms with Crippen LogP contribution in [-0.2, 0) is 11.3 Å². The van der Waals surface area contributed by atoms with E-state index in [9.17, 15) is 4.79 Å². The highest BCUT2D eigenvalue weighted by atomic mass is 16.5. The van der Waals surface area contributed by atoms with Crippen molar-refractivity contribution in [1.82, 2.24) is 19.5 Å². The second-order valence-corrected chi connectivity index (χ2v) is 10.5. The fraction of sp³-hybridized carbons (Fsp3) is 0.630. The number of nitrogens with zero attached hydrogens (tertiary/aromatic N) is 6. The number of morpholine rings is 1. The third-order valence-corrected chi connectivity index (χ3v) is 7.54. The molecule has 1 saturated heterocycles. The molecule has 9 heteroatoms. The van der Waals surface area contributed by atoms with E-state index in [0.29, 0.717) is 37.0 Å². The smallest absolute Gasteiger partial charge is 0.250 e. The Labute approximate surface area is 213 Å². The van der Waals surface area contributed by atoms with Gasteiger partial charge >= 0.3 is 0 Å². The summed E-state index contributed by atoms with van der Waals surface area (Å²) in [7, 11) is 2.04. The molecule has 5 rings (SSSR count). The number of likely N-dealkylation sites (N-methyl/N-ethyl adjacent to an activating group) is 1. The van der Waals surface area contributed by atoms with Crippen molar-refractivity contribution in [1.29, 1.82) is 0 Å². The molecule has 9 nitrogen and oxygen atoms in total. The highest BCUT2D eigenvalue weighted by Gasteiger charge is 2.27. The summed E-state index contributed by atoms with van der Waals surface area (Å²) >= 11 is 0. The summed E-state index contributed by atoms with van der Waals surface area (Å²) in [6.07, 6.45) is 9.46. The third kappa shape index (κ3) is 5.88. The summed E-state index contributed by atoms with van der Waals surface area (Å²) in [5.74, 6) is 2.67. The normalized spacial score (nSPS) is 22.1. The molecule has 0 bridgehead atoms. The summed E-state index contributed by atoms with van der Waals surface area (Å²) in [5, 5.41) is 3.47. The molecule has 1 N–H and O–H groups in total. The van der Waals surface area contributed by atoms with Crippen LogP contribution in [0.5, 0.6) is 0 Å². The third-order valence-electron chi connectivity index (χ3n) is 7.54. The molecule has 4 heterocycles. The molecule has 0 spiro atoms. The molecule has 0 radical (unpaired) electrons. The molecule has 1 fully saturated rings. The van der Waals surface area contributed by atoms with Crippen LogP contribution >= 0.6 is 0 Å². The van der Waals surface area contributed by atoms with E-state index in [1.807, 2.05) is 17.7 Å². The van der Waals surface area contributed by atoms with Crippen molar-refractivity contribution in [2.45, 2.75) is 57.9 Å². The molecule has 3 aliphatic rings. The molecular formula is C27H39N7O2. The lowest BCUT2D eigenvalue weighted by atomic mass is 9.88. The van der Waals surface area contributed by atoms with Crippen molar-refractivity contribution in [3.8, 4) is 0 Å². The molecule has 0 aromatic carbocycles. The van der Waals surface area contributed by atoms with Crippen LogP contribution in [-0.4, -0.2) is 66.0 Å². The zero-order valence-electron chi connectivity index (χ0n) is 21.7. The van der Waals surface area contributed by atoms with Gasteiger partial charge in [0.1, 0.15) is 0 Å². The van der Waals surface area contributed by atoms with Crippen molar-refractivity contribution in [2.24, 2.45) is 5.92 Å². The number of hydrogen-bond donors (Lipinski definition) is 1. The van der Waals surface area contributed by atoms with Crippen molar-refractivity contribution in [3.05, 3.63) is 45.9 Å². The number of pyridine rings is 1. The minimum atomic E-state index is 0.0843. The number of fused-ring (bicyclic) bond motifs is 1. The number of anilines is 3. The van der Waals surface area contributed by atoms with Gasteiger partial charge in [-0.05, 0) is 50.5 Å². The fourth-order valence-electron chi connectivity index (χ4n) is 5.64. The number of allylic oxidation sites excluding steroid dienone is 1. The zero-order chi connectivity index (χ0) is 24.9. The molecule has 2 unspecified atom stereocenters. The molecule has 0 amide bonds. The highest BCUT2D eigenvalue weighted by molar-refractivity contribution is 5.45. The molecule has 2 aromatic heterocycles. The summed E-state index contributed by atoms with van der Waals surface area (Å²) in [4.78, 5) is 31.2. The monoisotopic (exact) mass is 493 g/mol.